The van der Waals surface area contributed by atoms with Gasteiger partial charge in [-0.15, -0.1) is 0 Å². The van der Waals surface area contributed by atoms with Gasteiger partial charge in [0.1, 0.15) is 0 Å². The summed E-state index contributed by atoms with van der Waals surface area (Å²) in [5, 5.41) is -0.461. The molecule has 2 heteroatoms. The molecule has 0 N–H and O–H groups in total. The first-order valence-corrected chi connectivity index (χ1v) is 6.20. The van der Waals surface area contributed by atoms with Crippen molar-refractivity contribution in [2.24, 2.45) is 0 Å². The van der Waals surface area contributed by atoms with E-state index < -0.39 is 68.5 Å². The van der Waals surface area contributed by atoms with E-state index in [1.165, 1.54) is 0 Å². The van der Waals surface area contributed by atoms with Gasteiger partial charge in [-0.25, -0.2) is 0 Å². The molecule has 0 aliphatic heterocycles. The molecule has 2 rings (SSSR count). The van der Waals surface area contributed by atoms with Crippen LogP contribution in [0.3, 0.4) is 0 Å². The number of hydrogen-bond donors (Lipinski definition) is 0. The molecular weight excluding hydrogens is 208 g/mol. The van der Waals surface area contributed by atoms with Crippen molar-refractivity contribution >= 4 is 29.6 Å². The zero-order valence-electron chi connectivity index (χ0n) is 16.9. The molecule has 0 amide bonds. The van der Waals surface area contributed by atoms with E-state index in [-0.39, 0.29) is 10.4 Å². The molecule has 2 aromatic rings. The van der Waals surface area contributed by atoms with Gasteiger partial charge in [0.25, 0.3) is 0 Å². The molecule has 0 saturated carbocycles. The second-order valence-corrected chi connectivity index (χ2v) is 5.08. The summed E-state index contributed by atoms with van der Waals surface area (Å²) < 4.78 is 77.5. The highest BCUT2D eigenvalue weighted by molar-refractivity contribution is 7.21. The van der Waals surface area contributed by atoms with E-state index in [1.807, 2.05) is 0 Å². The summed E-state index contributed by atoms with van der Waals surface area (Å²) in [6.07, 6.45) is 0. The lowest BCUT2D eigenvalue weighted by Crippen LogP contribution is -2.36. The number of rotatable bonds is 2. The third kappa shape index (κ3) is 2.06. The van der Waals surface area contributed by atoms with Crippen molar-refractivity contribution in [3.05, 3.63) is 60.4 Å². The van der Waals surface area contributed by atoms with E-state index in [4.69, 9.17) is 24.8 Å². The maximum atomic E-state index is 7.92. The van der Waals surface area contributed by atoms with Gasteiger partial charge in [-0.3, -0.25) is 0 Å². The Morgan fingerprint density at radius 2 is 1.14 bits per heavy atom. The largest absolute Gasteiger partial charge is 0.234 e. The van der Waals surface area contributed by atoms with E-state index >= 15 is 0 Å². The molecule has 0 heterocycles. The lowest BCUT2D eigenvalue weighted by atomic mass is 10.4. The molecule has 0 nitrogen and oxygen atoms in total. The van der Waals surface area contributed by atoms with Crippen molar-refractivity contribution in [1.29, 1.82) is 0 Å². The van der Waals surface area contributed by atoms with Crippen LogP contribution in [0.4, 0.5) is 0 Å². The molecule has 2 aromatic carbocycles. The molecule has 0 saturated heterocycles. The van der Waals surface area contributed by atoms with E-state index in [0.717, 1.165) is 0 Å². The van der Waals surface area contributed by atoms with Gasteiger partial charge in [0.2, 0.25) is 8.11 Å². The molecule has 69 valence electrons. The molecule has 0 bridgehead atoms. The van der Waals surface area contributed by atoms with Crippen LogP contribution in [-0.4, -0.2) is 8.11 Å². The summed E-state index contributed by atoms with van der Waals surface area (Å²) in [6.45, 7) is 0. The van der Waals surface area contributed by atoms with Gasteiger partial charge in [-0.1, -0.05) is 60.4 Å². The Morgan fingerprint density at radius 3 is 1.50 bits per heavy atom. The molecule has 0 unspecified atom stereocenters. The third-order valence-corrected chi connectivity index (χ3v) is 3.95. The first kappa shape index (κ1) is 3.22. The highest BCUT2D eigenvalue weighted by Gasteiger charge is 2.12. The normalized spacial score (nSPS) is 20.4. The van der Waals surface area contributed by atoms with Crippen LogP contribution in [0.1, 0.15) is 13.7 Å². The molecule has 0 aromatic heterocycles. The van der Waals surface area contributed by atoms with Crippen LogP contribution in [0.5, 0.6) is 0 Å². The van der Waals surface area contributed by atoms with Crippen molar-refractivity contribution in [1.82, 2.24) is 0 Å². The molecule has 1 radical (unpaired) electrons. The summed E-state index contributed by atoms with van der Waals surface area (Å²) in [5.74, 6) is 0. The van der Waals surface area contributed by atoms with Crippen LogP contribution in [0.2, 0.25) is 0 Å². The van der Waals surface area contributed by atoms with E-state index in [1.54, 1.807) is 0 Å². The second kappa shape index (κ2) is 4.44. The van der Waals surface area contributed by atoms with E-state index in [9.17, 15) is 0 Å². The Hall–Kier alpha value is -1.05. The van der Waals surface area contributed by atoms with Gasteiger partial charge < -0.3 is 0 Å². The van der Waals surface area contributed by atoms with Gasteiger partial charge >= 0.3 is 0 Å². The first-order valence-electron chi connectivity index (χ1n) is 8.69. The monoisotopic (exact) mass is 227 g/mol. The number of benzene rings is 2. The van der Waals surface area contributed by atoms with Gasteiger partial charge in [-0.2, -0.15) is 11.1 Å². The fourth-order valence-corrected chi connectivity index (χ4v) is 2.35. The molecular formula is C12H10ClSi. The van der Waals surface area contributed by atoms with Gasteiger partial charge in [0.05, 0.1) is 13.7 Å². The summed E-state index contributed by atoms with van der Waals surface area (Å²) >= 11 is 6.31. The molecule has 0 spiro atoms. The van der Waals surface area contributed by atoms with Crippen LogP contribution in [0.25, 0.3) is 0 Å². The van der Waals surface area contributed by atoms with Crippen LogP contribution in [-0.2, 0) is 0 Å². The van der Waals surface area contributed by atoms with Crippen LogP contribution >= 0.6 is 11.1 Å². The van der Waals surface area contributed by atoms with E-state index in [2.05, 4.69) is 0 Å². The topological polar surface area (TPSA) is 0 Å². The summed E-state index contributed by atoms with van der Waals surface area (Å²) in [6, 6.07) is -5.62. The maximum Gasteiger partial charge on any atom is 0.234 e. The van der Waals surface area contributed by atoms with Crippen molar-refractivity contribution in [2.75, 3.05) is 0 Å². The SMILES string of the molecule is [2H]c1c([2H])c([2H])c([Si](Cl)c2c([2H])c([2H])c([2H])c([2H])c2[2H])c([2H])c1[2H]. The molecule has 14 heavy (non-hydrogen) atoms. The van der Waals surface area contributed by atoms with Gasteiger partial charge in [0, 0.05) is 0 Å². The first-order chi connectivity index (χ1) is 11.0. The average molecular weight is 228 g/mol. The van der Waals surface area contributed by atoms with Crippen molar-refractivity contribution in [3.8, 4) is 0 Å². The predicted molar refractivity (Wildman–Crippen MR) is 63.8 cm³/mol. The second-order valence-electron chi connectivity index (χ2n) is 2.31. The zero-order chi connectivity index (χ0) is 18.5. The third-order valence-electron chi connectivity index (χ3n) is 1.44. The summed E-state index contributed by atoms with van der Waals surface area (Å²) in [7, 11) is -2.71. The summed E-state index contributed by atoms with van der Waals surface area (Å²) in [5.41, 5.74) is 0. The molecule has 0 fully saturated rings. The smallest absolute Gasteiger partial charge is 0.156 e. The number of halogens is 1. The lowest BCUT2D eigenvalue weighted by molar-refractivity contribution is 1.74. The lowest BCUT2D eigenvalue weighted by Gasteiger charge is -2.06. The maximum absolute atomic E-state index is 7.92. The van der Waals surface area contributed by atoms with Crippen molar-refractivity contribution in [2.45, 2.75) is 0 Å². The molecule has 0 atom stereocenters. The highest BCUT2D eigenvalue weighted by Crippen LogP contribution is 1.95. The Bertz CT molecular complexity index is 725. The van der Waals surface area contributed by atoms with Crippen molar-refractivity contribution in [3.63, 3.8) is 0 Å². The van der Waals surface area contributed by atoms with Crippen LogP contribution < -0.4 is 10.4 Å². The van der Waals surface area contributed by atoms with E-state index in [0.29, 0.717) is 0 Å². The zero-order valence-corrected chi connectivity index (χ0v) is 8.63. The minimum atomic E-state index is -2.71. The minimum Gasteiger partial charge on any atom is -0.156 e. The van der Waals surface area contributed by atoms with Crippen LogP contribution in [0.15, 0.2) is 60.4 Å². The van der Waals surface area contributed by atoms with Crippen molar-refractivity contribution < 1.29 is 13.7 Å². The highest BCUT2D eigenvalue weighted by atomic mass is 35.6. The van der Waals surface area contributed by atoms with Crippen LogP contribution in [0, 0.1) is 0 Å². The Balaban J connectivity index is 2.84. The Labute approximate surface area is 105 Å². The molecule has 0 aliphatic rings. The fourth-order valence-electron chi connectivity index (χ4n) is 0.844. The fraction of sp³-hybridized carbons (Fsp3) is 0. The number of hydrogen-bond acceptors (Lipinski definition) is 0. The predicted octanol–water partition coefficient (Wildman–Crippen LogP) is 2.03. The summed E-state index contributed by atoms with van der Waals surface area (Å²) in [4.78, 5) is 0. The standard InChI is InChI=1S/C12H10ClSi/c13-14(11-7-3-1-4-8-11)12-9-5-2-6-10-12/h1-10H/i1D,2D,3D,4D,5D,6D,7D,8D,9D,10D. The quantitative estimate of drug-likeness (QED) is 0.544. The average Bonchev–Trinajstić information content (AvgIpc) is 2.55. The minimum absolute atomic E-state index is 0.230. The van der Waals surface area contributed by atoms with Gasteiger partial charge in [0.15, 0.2) is 0 Å². The van der Waals surface area contributed by atoms with Gasteiger partial charge in [-0.05, 0) is 10.4 Å². The molecule has 0 aliphatic carbocycles. The Morgan fingerprint density at radius 1 is 0.786 bits per heavy atom. The Kier molecular flexibility index (Phi) is 1.02.